The fourth-order valence-corrected chi connectivity index (χ4v) is 2.12. The van der Waals surface area contributed by atoms with Crippen LogP contribution in [0.3, 0.4) is 0 Å². The van der Waals surface area contributed by atoms with Crippen LogP contribution in [0.2, 0.25) is 0 Å². The lowest BCUT2D eigenvalue weighted by molar-refractivity contribution is -0.138. The quantitative estimate of drug-likeness (QED) is 0.543. The van der Waals surface area contributed by atoms with Gasteiger partial charge in [-0.15, -0.1) is 0 Å². The van der Waals surface area contributed by atoms with Crippen LogP contribution in [-0.4, -0.2) is 0 Å². The SMILES string of the molecule is Fc1cc(C(F)(F)F)cc(F)c1Oc1ccccc1-c1ccco1. The largest absolute Gasteiger partial charge is 0.464 e. The van der Waals surface area contributed by atoms with Crippen molar-refractivity contribution in [2.75, 3.05) is 0 Å². The number of alkyl halides is 3. The summed E-state index contributed by atoms with van der Waals surface area (Å²) in [6.45, 7) is 0. The van der Waals surface area contributed by atoms with Crippen LogP contribution in [0.15, 0.2) is 59.2 Å². The van der Waals surface area contributed by atoms with E-state index in [4.69, 9.17) is 9.15 Å². The lowest BCUT2D eigenvalue weighted by Gasteiger charge is -2.13. The third-order valence-electron chi connectivity index (χ3n) is 3.21. The monoisotopic (exact) mass is 340 g/mol. The molecule has 0 saturated heterocycles. The lowest BCUT2D eigenvalue weighted by atomic mass is 10.1. The molecule has 0 N–H and O–H groups in total. The molecule has 124 valence electrons. The van der Waals surface area contributed by atoms with Crippen LogP contribution in [-0.2, 0) is 6.18 Å². The van der Waals surface area contributed by atoms with Crippen molar-refractivity contribution in [3.8, 4) is 22.8 Å². The maximum absolute atomic E-state index is 13.9. The number of ether oxygens (including phenoxy) is 1. The second-order valence-corrected chi connectivity index (χ2v) is 4.84. The Hall–Kier alpha value is -2.83. The van der Waals surface area contributed by atoms with Crippen molar-refractivity contribution >= 4 is 0 Å². The number of rotatable bonds is 3. The molecule has 0 aliphatic heterocycles. The molecular formula is C17H9F5O2. The summed E-state index contributed by atoms with van der Waals surface area (Å²) in [6.07, 6.45) is -3.45. The van der Waals surface area contributed by atoms with Gasteiger partial charge in [-0.3, -0.25) is 0 Å². The lowest BCUT2D eigenvalue weighted by Crippen LogP contribution is -2.07. The minimum absolute atomic E-state index is 0.0463. The number of furan rings is 1. The minimum Gasteiger partial charge on any atom is -0.464 e. The maximum atomic E-state index is 13.9. The normalized spacial score (nSPS) is 11.5. The molecule has 3 rings (SSSR count). The number of halogens is 5. The number of para-hydroxylation sites is 1. The van der Waals surface area contributed by atoms with Gasteiger partial charge >= 0.3 is 6.18 Å². The van der Waals surface area contributed by atoms with Gasteiger partial charge in [-0.1, -0.05) is 12.1 Å². The Morgan fingerprint density at radius 3 is 2.12 bits per heavy atom. The van der Waals surface area contributed by atoms with Gasteiger partial charge in [0.05, 0.1) is 17.4 Å². The molecule has 0 aliphatic carbocycles. The summed E-state index contributed by atoms with van der Waals surface area (Å²) in [6, 6.07) is 9.84. The van der Waals surface area contributed by atoms with Crippen molar-refractivity contribution in [3.63, 3.8) is 0 Å². The summed E-state index contributed by atoms with van der Waals surface area (Å²) in [4.78, 5) is 0. The smallest absolute Gasteiger partial charge is 0.416 e. The number of hydrogen-bond donors (Lipinski definition) is 0. The van der Waals surface area contributed by atoms with Crippen molar-refractivity contribution < 1.29 is 31.1 Å². The van der Waals surface area contributed by atoms with Gasteiger partial charge in [0.2, 0.25) is 0 Å². The van der Waals surface area contributed by atoms with Crippen LogP contribution in [0.5, 0.6) is 11.5 Å². The van der Waals surface area contributed by atoms with E-state index in [1.807, 2.05) is 0 Å². The van der Waals surface area contributed by atoms with Crippen molar-refractivity contribution in [1.82, 2.24) is 0 Å². The minimum atomic E-state index is -4.85. The van der Waals surface area contributed by atoms with Gasteiger partial charge in [0.15, 0.2) is 17.4 Å². The highest BCUT2D eigenvalue weighted by Gasteiger charge is 2.33. The van der Waals surface area contributed by atoms with E-state index in [-0.39, 0.29) is 17.9 Å². The summed E-state index contributed by atoms with van der Waals surface area (Å²) < 4.78 is 75.9. The molecule has 0 atom stereocenters. The summed E-state index contributed by atoms with van der Waals surface area (Å²) in [7, 11) is 0. The van der Waals surface area contributed by atoms with E-state index in [1.54, 1.807) is 30.3 Å². The first-order valence-corrected chi connectivity index (χ1v) is 6.73. The van der Waals surface area contributed by atoms with Gasteiger partial charge in [0.25, 0.3) is 0 Å². The van der Waals surface area contributed by atoms with Crippen molar-refractivity contribution in [3.05, 3.63) is 72.0 Å². The maximum Gasteiger partial charge on any atom is 0.416 e. The molecular weight excluding hydrogens is 331 g/mol. The predicted molar refractivity (Wildman–Crippen MR) is 75.6 cm³/mol. The van der Waals surface area contributed by atoms with Gasteiger partial charge < -0.3 is 9.15 Å². The first kappa shape index (κ1) is 16.0. The van der Waals surface area contributed by atoms with E-state index < -0.39 is 29.1 Å². The summed E-state index contributed by atoms with van der Waals surface area (Å²) in [5.41, 5.74) is -1.02. The van der Waals surface area contributed by atoms with Gasteiger partial charge in [-0.25, -0.2) is 8.78 Å². The Morgan fingerprint density at radius 2 is 1.54 bits per heavy atom. The van der Waals surface area contributed by atoms with Gasteiger partial charge in [-0.2, -0.15) is 13.2 Å². The zero-order valence-corrected chi connectivity index (χ0v) is 11.9. The molecule has 2 aromatic carbocycles. The Bertz CT molecular complexity index is 831. The van der Waals surface area contributed by atoms with Crippen LogP contribution in [0, 0.1) is 11.6 Å². The van der Waals surface area contributed by atoms with E-state index in [0.29, 0.717) is 11.3 Å². The first-order valence-electron chi connectivity index (χ1n) is 6.73. The van der Waals surface area contributed by atoms with Gasteiger partial charge in [0, 0.05) is 0 Å². The highest BCUT2D eigenvalue weighted by molar-refractivity contribution is 5.66. The fraction of sp³-hybridized carbons (Fsp3) is 0.0588. The zero-order chi connectivity index (χ0) is 17.3. The average Bonchev–Trinajstić information content (AvgIpc) is 3.04. The number of hydrogen-bond acceptors (Lipinski definition) is 2. The van der Waals surface area contributed by atoms with Crippen LogP contribution < -0.4 is 4.74 Å². The molecule has 1 heterocycles. The van der Waals surface area contributed by atoms with Gasteiger partial charge in [-0.05, 0) is 36.4 Å². The summed E-state index contributed by atoms with van der Waals surface area (Å²) >= 11 is 0. The highest BCUT2D eigenvalue weighted by Crippen LogP contribution is 2.38. The van der Waals surface area contributed by atoms with E-state index >= 15 is 0 Å². The van der Waals surface area contributed by atoms with E-state index in [9.17, 15) is 22.0 Å². The Labute approximate surface area is 133 Å². The molecule has 0 amide bonds. The third-order valence-corrected chi connectivity index (χ3v) is 3.21. The van der Waals surface area contributed by atoms with Crippen molar-refractivity contribution in [2.45, 2.75) is 6.18 Å². The Kier molecular flexibility index (Phi) is 4.01. The van der Waals surface area contributed by atoms with Crippen molar-refractivity contribution in [1.29, 1.82) is 0 Å². The molecule has 0 radical (unpaired) electrons. The van der Waals surface area contributed by atoms with Crippen LogP contribution in [0.25, 0.3) is 11.3 Å². The van der Waals surface area contributed by atoms with E-state index in [1.165, 1.54) is 12.3 Å². The summed E-state index contributed by atoms with van der Waals surface area (Å²) in [5.74, 6) is -3.38. The Morgan fingerprint density at radius 1 is 0.875 bits per heavy atom. The molecule has 0 spiro atoms. The number of benzene rings is 2. The Balaban J connectivity index is 2.02. The summed E-state index contributed by atoms with van der Waals surface area (Å²) in [5, 5.41) is 0. The molecule has 3 aromatic rings. The predicted octanol–water partition coefficient (Wildman–Crippen LogP) is 6.04. The first-order chi connectivity index (χ1) is 11.4. The molecule has 1 aromatic heterocycles. The molecule has 0 bridgehead atoms. The fourth-order valence-electron chi connectivity index (χ4n) is 2.12. The molecule has 7 heteroatoms. The second kappa shape index (κ2) is 5.99. The van der Waals surface area contributed by atoms with Crippen LogP contribution in [0.1, 0.15) is 5.56 Å². The molecule has 0 unspecified atom stereocenters. The molecule has 2 nitrogen and oxygen atoms in total. The van der Waals surface area contributed by atoms with E-state index in [2.05, 4.69) is 0 Å². The van der Waals surface area contributed by atoms with Crippen molar-refractivity contribution in [2.24, 2.45) is 0 Å². The zero-order valence-electron chi connectivity index (χ0n) is 11.9. The molecule has 0 saturated carbocycles. The highest BCUT2D eigenvalue weighted by atomic mass is 19.4. The van der Waals surface area contributed by atoms with E-state index in [0.717, 1.165) is 0 Å². The van der Waals surface area contributed by atoms with Crippen LogP contribution >= 0.6 is 0 Å². The topological polar surface area (TPSA) is 22.4 Å². The van der Waals surface area contributed by atoms with Crippen LogP contribution in [0.4, 0.5) is 22.0 Å². The molecule has 24 heavy (non-hydrogen) atoms. The van der Waals surface area contributed by atoms with Gasteiger partial charge in [0.1, 0.15) is 11.5 Å². The molecule has 0 aliphatic rings. The standard InChI is InChI=1S/C17H9F5O2/c18-12-8-10(17(20,21)22)9-13(19)16(12)24-15-5-2-1-4-11(15)14-6-3-7-23-14/h1-9H. The average molecular weight is 340 g/mol. The second-order valence-electron chi connectivity index (χ2n) is 4.84. The molecule has 0 fully saturated rings. The third kappa shape index (κ3) is 3.10.